The Kier molecular flexibility index (Phi) is 4.19. The summed E-state index contributed by atoms with van der Waals surface area (Å²) in [5.74, 6) is 0.704. The monoisotopic (exact) mass is 233 g/mol. The molecule has 0 aromatic heterocycles. The summed E-state index contributed by atoms with van der Waals surface area (Å²) in [5.41, 5.74) is 4.14. The molecule has 2 heteroatoms. The maximum absolute atomic E-state index is 5.45. The first kappa shape index (κ1) is 12.6. The first-order chi connectivity index (χ1) is 8.20. The Balaban J connectivity index is 2.21. The first-order valence-corrected chi connectivity index (χ1v) is 6.54. The molecule has 17 heavy (non-hydrogen) atoms. The van der Waals surface area contributed by atoms with Crippen molar-refractivity contribution in [3.63, 3.8) is 0 Å². The Morgan fingerprint density at radius 2 is 1.71 bits per heavy atom. The summed E-state index contributed by atoms with van der Waals surface area (Å²) >= 11 is 0. The molecule has 0 aliphatic carbocycles. The number of hydrogen-bond acceptors (Lipinski definition) is 2. The van der Waals surface area contributed by atoms with Crippen LogP contribution in [0.15, 0.2) is 18.2 Å². The van der Waals surface area contributed by atoms with Crippen LogP contribution in [0.1, 0.15) is 35.6 Å². The molecule has 2 rings (SSSR count). The van der Waals surface area contributed by atoms with Crippen LogP contribution in [-0.2, 0) is 4.74 Å². The van der Waals surface area contributed by atoms with Crippen LogP contribution in [0.2, 0.25) is 0 Å². The topological polar surface area (TPSA) is 21.3 Å². The van der Waals surface area contributed by atoms with E-state index in [0.717, 1.165) is 13.2 Å². The van der Waals surface area contributed by atoms with Gasteiger partial charge in [0.05, 0.1) is 0 Å². The molecule has 1 N–H and O–H groups in total. The third-order valence-corrected chi connectivity index (χ3v) is 3.65. The van der Waals surface area contributed by atoms with Gasteiger partial charge in [-0.25, -0.2) is 0 Å². The molecular formula is C15H23NO. The molecule has 0 saturated carbocycles. The maximum Gasteiger partial charge on any atom is 0.0469 e. The highest BCUT2D eigenvalue weighted by atomic mass is 16.5. The fraction of sp³-hybridized carbons (Fsp3) is 0.600. The van der Waals surface area contributed by atoms with E-state index in [9.17, 15) is 0 Å². The third-order valence-electron chi connectivity index (χ3n) is 3.65. The van der Waals surface area contributed by atoms with Gasteiger partial charge in [-0.15, -0.1) is 0 Å². The van der Waals surface area contributed by atoms with E-state index >= 15 is 0 Å². The van der Waals surface area contributed by atoms with E-state index in [1.165, 1.54) is 29.5 Å². The van der Waals surface area contributed by atoms with Crippen molar-refractivity contribution in [1.29, 1.82) is 0 Å². The van der Waals surface area contributed by atoms with Gasteiger partial charge in [0, 0.05) is 19.3 Å². The number of rotatable bonds is 3. The second kappa shape index (κ2) is 5.65. The summed E-state index contributed by atoms with van der Waals surface area (Å²) in [6, 6.07) is 7.32. The molecule has 0 bridgehead atoms. The number of ether oxygens (including phenoxy) is 1. The van der Waals surface area contributed by atoms with Crippen LogP contribution >= 0.6 is 0 Å². The van der Waals surface area contributed by atoms with Gasteiger partial charge in [-0.1, -0.05) is 29.3 Å². The van der Waals surface area contributed by atoms with Gasteiger partial charge < -0.3 is 10.1 Å². The van der Waals surface area contributed by atoms with Crippen molar-refractivity contribution in [2.45, 2.75) is 32.7 Å². The Hall–Kier alpha value is -0.860. The molecule has 1 saturated heterocycles. The highest BCUT2D eigenvalue weighted by molar-refractivity contribution is 5.31. The lowest BCUT2D eigenvalue weighted by molar-refractivity contribution is 0.0546. The van der Waals surface area contributed by atoms with E-state index in [0.29, 0.717) is 12.0 Å². The standard InChI is InChI=1S/C15H23NO/c1-11-8-12(2)10-14(9-11)15(16-3)13-4-6-17-7-5-13/h8-10,13,15-16H,4-7H2,1-3H3. The molecule has 2 nitrogen and oxygen atoms in total. The van der Waals surface area contributed by atoms with Crippen LogP contribution in [0.3, 0.4) is 0 Å². The number of hydrogen-bond donors (Lipinski definition) is 1. The number of benzene rings is 1. The van der Waals surface area contributed by atoms with Gasteiger partial charge in [0.15, 0.2) is 0 Å². The lowest BCUT2D eigenvalue weighted by Gasteiger charge is -2.30. The van der Waals surface area contributed by atoms with E-state index in [4.69, 9.17) is 4.74 Å². The van der Waals surface area contributed by atoms with Gasteiger partial charge in [0.25, 0.3) is 0 Å². The lowest BCUT2D eigenvalue weighted by Crippen LogP contribution is -2.30. The zero-order valence-corrected chi connectivity index (χ0v) is 11.1. The minimum atomic E-state index is 0.470. The summed E-state index contributed by atoms with van der Waals surface area (Å²) < 4.78 is 5.45. The van der Waals surface area contributed by atoms with Gasteiger partial charge in [0.2, 0.25) is 0 Å². The van der Waals surface area contributed by atoms with Crippen LogP contribution in [0.4, 0.5) is 0 Å². The summed E-state index contributed by atoms with van der Waals surface area (Å²) in [4.78, 5) is 0. The van der Waals surface area contributed by atoms with Crippen molar-refractivity contribution in [2.24, 2.45) is 5.92 Å². The molecule has 0 spiro atoms. The van der Waals surface area contributed by atoms with Crippen molar-refractivity contribution >= 4 is 0 Å². The smallest absolute Gasteiger partial charge is 0.0469 e. The Morgan fingerprint density at radius 1 is 1.12 bits per heavy atom. The fourth-order valence-corrected chi connectivity index (χ4v) is 2.91. The Labute approximate surface area is 104 Å². The van der Waals surface area contributed by atoms with Crippen molar-refractivity contribution in [3.8, 4) is 0 Å². The SMILES string of the molecule is CNC(c1cc(C)cc(C)c1)C1CCOCC1. The summed E-state index contributed by atoms with van der Waals surface area (Å²) in [7, 11) is 2.07. The zero-order valence-electron chi connectivity index (χ0n) is 11.1. The number of aryl methyl sites for hydroxylation is 2. The average molecular weight is 233 g/mol. The molecule has 94 valence electrons. The van der Waals surface area contributed by atoms with E-state index < -0.39 is 0 Å². The van der Waals surface area contributed by atoms with Gasteiger partial charge in [-0.2, -0.15) is 0 Å². The molecule has 1 aromatic carbocycles. The Bertz CT molecular complexity index is 349. The molecule has 1 unspecified atom stereocenters. The van der Waals surface area contributed by atoms with E-state index in [1.54, 1.807) is 0 Å². The molecule has 1 fully saturated rings. The van der Waals surface area contributed by atoms with Gasteiger partial charge in [-0.3, -0.25) is 0 Å². The Morgan fingerprint density at radius 3 is 2.24 bits per heavy atom. The molecule has 1 heterocycles. The first-order valence-electron chi connectivity index (χ1n) is 6.54. The van der Waals surface area contributed by atoms with Crippen molar-refractivity contribution in [1.82, 2.24) is 5.32 Å². The minimum absolute atomic E-state index is 0.470. The molecule has 1 aromatic rings. The average Bonchev–Trinajstić information content (AvgIpc) is 2.30. The highest BCUT2D eigenvalue weighted by Gasteiger charge is 2.24. The normalized spacial score (nSPS) is 19.2. The quantitative estimate of drug-likeness (QED) is 0.866. The fourth-order valence-electron chi connectivity index (χ4n) is 2.91. The largest absolute Gasteiger partial charge is 0.381 e. The molecule has 1 atom stereocenters. The predicted molar refractivity (Wildman–Crippen MR) is 71.3 cm³/mol. The predicted octanol–water partition coefficient (Wildman–Crippen LogP) is 2.99. The summed E-state index contributed by atoms with van der Waals surface area (Å²) in [6.07, 6.45) is 2.33. The van der Waals surface area contributed by atoms with Gasteiger partial charge >= 0.3 is 0 Å². The van der Waals surface area contributed by atoms with E-state index in [1.807, 2.05) is 0 Å². The summed E-state index contributed by atoms with van der Waals surface area (Å²) in [6.45, 7) is 6.17. The zero-order chi connectivity index (χ0) is 12.3. The molecule has 1 aliphatic rings. The van der Waals surface area contributed by atoms with Crippen LogP contribution in [0.25, 0.3) is 0 Å². The highest BCUT2D eigenvalue weighted by Crippen LogP contribution is 2.30. The van der Waals surface area contributed by atoms with Crippen LogP contribution in [0.5, 0.6) is 0 Å². The van der Waals surface area contributed by atoms with Gasteiger partial charge in [-0.05, 0) is 45.2 Å². The van der Waals surface area contributed by atoms with E-state index in [2.05, 4.69) is 44.4 Å². The van der Waals surface area contributed by atoms with Crippen molar-refractivity contribution in [2.75, 3.05) is 20.3 Å². The van der Waals surface area contributed by atoms with Crippen LogP contribution in [0, 0.1) is 19.8 Å². The maximum atomic E-state index is 5.45. The van der Waals surface area contributed by atoms with E-state index in [-0.39, 0.29) is 0 Å². The second-order valence-corrected chi connectivity index (χ2v) is 5.14. The third kappa shape index (κ3) is 3.08. The molecule has 0 radical (unpaired) electrons. The number of nitrogens with one attached hydrogen (secondary N) is 1. The van der Waals surface area contributed by atoms with Crippen molar-refractivity contribution in [3.05, 3.63) is 34.9 Å². The van der Waals surface area contributed by atoms with Crippen molar-refractivity contribution < 1.29 is 4.74 Å². The summed E-state index contributed by atoms with van der Waals surface area (Å²) in [5, 5.41) is 3.49. The lowest BCUT2D eigenvalue weighted by atomic mass is 9.86. The molecule has 0 amide bonds. The second-order valence-electron chi connectivity index (χ2n) is 5.14. The molecule has 1 aliphatic heterocycles. The van der Waals surface area contributed by atoms with Gasteiger partial charge in [0.1, 0.15) is 0 Å². The molecular weight excluding hydrogens is 210 g/mol. The van der Waals surface area contributed by atoms with Crippen LogP contribution < -0.4 is 5.32 Å². The van der Waals surface area contributed by atoms with Crippen LogP contribution in [-0.4, -0.2) is 20.3 Å². The minimum Gasteiger partial charge on any atom is -0.381 e.